The van der Waals surface area contributed by atoms with E-state index in [9.17, 15) is 9.59 Å². The lowest BCUT2D eigenvalue weighted by atomic mass is 10.0. The summed E-state index contributed by atoms with van der Waals surface area (Å²) in [6.45, 7) is 3.96. The van der Waals surface area contributed by atoms with Gasteiger partial charge in [-0.25, -0.2) is 4.98 Å². The number of nitrogens with zero attached hydrogens (tertiary/aromatic N) is 4. The Bertz CT molecular complexity index is 1410. The van der Waals surface area contributed by atoms with Crippen LogP contribution in [0.3, 0.4) is 0 Å². The Morgan fingerprint density at radius 3 is 2.54 bits per heavy atom. The Hall–Kier alpha value is -2.92. The number of thioether (sulfide) groups is 1. The highest BCUT2D eigenvalue weighted by molar-refractivity contribution is 7.99. The first-order chi connectivity index (χ1) is 17.7. The van der Waals surface area contributed by atoms with Crippen LogP contribution in [0.2, 0.25) is 10.0 Å². The van der Waals surface area contributed by atoms with Crippen molar-refractivity contribution in [2.24, 2.45) is 13.0 Å². The van der Waals surface area contributed by atoms with Gasteiger partial charge in [0.15, 0.2) is 16.1 Å². The highest BCUT2D eigenvalue weighted by Crippen LogP contribution is 2.27. The van der Waals surface area contributed by atoms with Gasteiger partial charge in [-0.2, -0.15) is 0 Å². The second-order valence-electron chi connectivity index (χ2n) is 8.46. The number of amides is 2. The Morgan fingerprint density at radius 2 is 1.84 bits per heavy atom. The van der Waals surface area contributed by atoms with E-state index in [-0.39, 0.29) is 23.5 Å². The van der Waals surface area contributed by atoms with E-state index in [1.807, 2.05) is 56.6 Å². The molecule has 0 aliphatic carbocycles. The van der Waals surface area contributed by atoms with Crippen molar-refractivity contribution in [3.05, 3.63) is 75.3 Å². The fourth-order valence-electron chi connectivity index (χ4n) is 3.47. The van der Waals surface area contributed by atoms with Gasteiger partial charge in [-0.05, 0) is 24.1 Å². The molecular weight excluding hydrogens is 551 g/mol. The lowest BCUT2D eigenvalue weighted by molar-refractivity contribution is -0.113. The van der Waals surface area contributed by atoms with Gasteiger partial charge in [0.1, 0.15) is 0 Å². The van der Waals surface area contributed by atoms with Crippen LogP contribution in [0.4, 0.5) is 5.13 Å². The third-order valence-corrected chi connectivity index (χ3v) is 7.95. The number of hydrogen-bond donors (Lipinski definition) is 2. The number of halogens is 2. The minimum atomic E-state index is -0.408. The van der Waals surface area contributed by atoms with E-state index in [0.717, 1.165) is 11.3 Å². The van der Waals surface area contributed by atoms with Crippen molar-refractivity contribution in [3.63, 3.8) is 0 Å². The largest absolute Gasteiger partial charge is 0.342 e. The molecule has 0 aliphatic heterocycles. The average molecular weight is 576 g/mol. The number of anilines is 1. The predicted molar refractivity (Wildman–Crippen MR) is 149 cm³/mol. The van der Waals surface area contributed by atoms with Crippen LogP contribution in [0.25, 0.3) is 11.3 Å². The van der Waals surface area contributed by atoms with E-state index in [1.54, 1.807) is 16.7 Å². The molecule has 0 bridgehead atoms. The summed E-state index contributed by atoms with van der Waals surface area (Å²) >= 11 is 14.7. The van der Waals surface area contributed by atoms with Crippen molar-refractivity contribution in [2.75, 3.05) is 11.1 Å². The van der Waals surface area contributed by atoms with Crippen LogP contribution in [0, 0.1) is 5.92 Å². The molecule has 2 amide bonds. The molecule has 4 rings (SSSR count). The summed E-state index contributed by atoms with van der Waals surface area (Å²) in [6.07, 6.45) is 0. The molecule has 0 fully saturated rings. The number of carbonyl (C=O) groups is 2. The topological polar surface area (TPSA) is 102 Å². The highest BCUT2D eigenvalue weighted by atomic mass is 35.5. The molecule has 8 nitrogen and oxygen atoms in total. The summed E-state index contributed by atoms with van der Waals surface area (Å²) in [7, 11) is 1.81. The molecule has 0 saturated heterocycles. The minimum Gasteiger partial charge on any atom is -0.342 e. The third kappa shape index (κ3) is 6.70. The molecule has 37 heavy (non-hydrogen) atoms. The van der Waals surface area contributed by atoms with Crippen molar-refractivity contribution in [1.29, 1.82) is 0 Å². The second kappa shape index (κ2) is 12.1. The maximum absolute atomic E-state index is 12.9. The van der Waals surface area contributed by atoms with Crippen molar-refractivity contribution in [1.82, 2.24) is 25.1 Å². The van der Waals surface area contributed by atoms with E-state index in [4.69, 9.17) is 23.2 Å². The molecule has 192 valence electrons. The Morgan fingerprint density at radius 1 is 1.08 bits per heavy atom. The molecule has 0 aliphatic rings. The van der Waals surface area contributed by atoms with Gasteiger partial charge in [0.2, 0.25) is 5.91 Å². The van der Waals surface area contributed by atoms with E-state index < -0.39 is 6.04 Å². The van der Waals surface area contributed by atoms with Crippen LogP contribution >= 0.6 is 46.3 Å². The summed E-state index contributed by atoms with van der Waals surface area (Å²) in [5.41, 5.74) is 2.20. The van der Waals surface area contributed by atoms with Crippen molar-refractivity contribution in [3.8, 4) is 11.3 Å². The molecule has 1 atom stereocenters. The molecular formula is C25H24Cl2N6O2S2. The van der Waals surface area contributed by atoms with Crippen molar-refractivity contribution >= 4 is 63.2 Å². The first kappa shape index (κ1) is 27.1. The number of hydrogen-bond acceptors (Lipinski definition) is 7. The van der Waals surface area contributed by atoms with E-state index in [1.165, 1.54) is 29.2 Å². The van der Waals surface area contributed by atoms with Crippen LogP contribution in [-0.2, 0) is 11.8 Å². The van der Waals surface area contributed by atoms with Gasteiger partial charge in [0.25, 0.3) is 5.91 Å². The highest BCUT2D eigenvalue weighted by Gasteiger charge is 2.25. The van der Waals surface area contributed by atoms with Crippen LogP contribution in [0.5, 0.6) is 0 Å². The first-order valence-electron chi connectivity index (χ1n) is 11.3. The lowest BCUT2D eigenvalue weighted by Gasteiger charge is -2.21. The summed E-state index contributed by atoms with van der Waals surface area (Å²) < 4.78 is 1.79. The van der Waals surface area contributed by atoms with E-state index >= 15 is 0 Å². The van der Waals surface area contributed by atoms with Crippen LogP contribution < -0.4 is 10.6 Å². The van der Waals surface area contributed by atoms with Gasteiger partial charge < -0.3 is 15.2 Å². The standard InChI is InChI=1S/C25H24Cl2N6O2S2/c1-14(2)21(30-23(35)16-9-10-17(26)18(27)11-16)22-31-32-25(33(22)3)37-13-20(34)29-24-28-19(12-36-24)15-7-5-4-6-8-15/h4-12,14,21H,13H2,1-3H3,(H,30,35)(H,28,29,34)/t21-/m1/s1. The predicted octanol–water partition coefficient (Wildman–Crippen LogP) is 6.10. The zero-order valence-electron chi connectivity index (χ0n) is 20.2. The zero-order chi connectivity index (χ0) is 26.5. The lowest BCUT2D eigenvalue weighted by Crippen LogP contribution is -2.33. The molecule has 0 unspecified atom stereocenters. The van der Waals surface area contributed by atoms with Gasteiger partial charge in [0, 0.05) is 23.6 Å². The summed E-state index contributed by atoms with van der Waals surface area (Å²) in [4.78, 5) is 29.9. The smallest absolute Gasteiger partial charge is 0.251 e. The first-order valence-corrected chi connectivity index (χ1v) is 13.9. The van der Waals surface area contributed by atoms with E-state index in [2.05, 4.69) is 25.8 Å². The summed E-state index contributed by atoms with van der Waals surface area (Å²) in [6, 6.07) is 14.1. The van der Waals surface area contributed by atoms with Crippen LogP contribution in [0.1, 0.15) is 36.1 Å². The molecule has 0 radical (unpaired) electrons. The summed E-state index contributed by atoms with van der Waals surface area (Å²) in [5.74, 6) is 0.246. The number of benzene rings is 2. The number of nitrogens with one attached hydrogen (secondary N) is 2. The quantitative estimate of drug-likeness (QED) is 0.234. The SMILES string of the molecule is CC(C)[C@@H](NC(=O)c1ccc(Cl)c(Cl)c1)c1nnc(SCC(=O)Nc2nc(-c3ccccc3)cs2)n1C. The zero-order valence-corrected chi connectivity index (χ0v) is 23.4. The Kier molecular flexibility index (Phi) is 8.86. The molecule has 12 heteroatoms. The molecule has 4 aromatic rings. The third-order valence-electron chi connectivity index (χ3n) is 5.43. The fraction of sp³-hybridized carbons (Fsp3) is 0.240. The maximum Gasteiger partial charge on any atom is 0.251 e. The molecule has 0 saturated carbocycles. The number of aromatic nitrogens is 4. The van der Waals surface area contributed by atoms with Gasteiger partial charge >= 0.3 is 0 Å². The Balaban J connectivity index is 1.38. The monoisotopic (exact) mass is 574 g/mol. The molecule has 0 spiro atoms. The van der Waals surface area contributed by atoms with Gasteiger partial charge in [0.05, 0.1) is 27.5 Å². The average Bonchev–Trinajstić information content (AvgIpc) is 3.49. The summed E-state index contributed by atoms with van der Waals surface area (Å²) in [5, 5.41) is 18.1. The van der Waals surface area contributed by atoms with Crippen LogP contribution in [-0.4, -0.2) is 37.3 Å². The van der Waals surface area contributed by atoms with E-state index in [0.29, 0.717) is 31.7 Å². The molecule has 2 aromatic heterocycles. The van der Waals surface area contributed by atoms with Gasteiger partial charge in [-0.15, -0.1) is 21.5 Å². The molecule has 2 heterocycles. The van der Waals surface area contributed by atoms with Gasteiger partial charge in [-0.1, -0.05) is 79.1 Å². The molecule has 2 N–H and O–H groups in total. The second-order valence-corrected chi connectivity index (χ2v) is 11.1. The minimum absolute atomic E-state index is 0.0273. The Labute approximate surface area is 232 Å². The number of thiazole rings is 1. The van der Waals surface area contributed by atoms with Crippen LogP contribution in [0.15, 0.2) is 59.1 Å². The van der Waals surface area contributed by atoms with Crippen molar-refractivity contribution < 1.29 is 9.59 Å². The maximum atomic E-state index is 12.9. The normalized spacial score (nSPS) is 11.9. The fourth-order valence-corrected chi connectivity index (χ4v) is 5.22. The molecule has 2 aromatic carbocycles. The van der Waals surface area contributed by atoms with Crippen molar-refractivity contribution in [2.45, 2.75) is 25.0 Å². The van der Waals surface area contributed by atoms with Gasteiger partial charge in [-0.3, -0.25) is 9.59 Å². The number of carbonyl (C=O) groups excluding carboxylic acids is 2. The number of rotatable bonds is 9.